The second-order valence-electron chi connectivity index (χ2n) is 6.28. The molecule has 0 radical (unpaired) electrons. The van der Waals surface area contributed by atoms with Gasteiger partial charge >= 0.3 is 0 Å². The number of carbonyl (C=O) groups is 2. The summed E-state index contributed by atoms with van der Waals surface area (Å²) in [7, 11) is 0. The molecule has 1 aromatic carbocycles. The number of carbonyl (C=O) groups excluding carboxylic acids is 2. The molecule has 2 aromatic rings. The third-order valence-electron chi connectivity index (χ3n) is 4.26. The van der Waals surface area contributed by atoms with E-state index < -0.39 is 0 Å². The number of benzene rings is 1. The van der Waals surface area contributed by atoms with Crippen LogP contribution in [0.5, 0.6) is 0 Å². The van der Waals surface area contributed by atoms with Gasteiger partial charge in [0, 0.05) is 31.2 Å². The van der Waals surface area contributed by atoms with Crippen molar-refractivity contribution < 1.29 is 14.3 Å². The van der Waals surface area contributed by atoms with E-state index in [-0.39, 0.29) is 30.6 Å². The highest BCUT2D eigenvalue weighted by Crippen LogP contribution is 2.15. The van der Waals surface area contributed by atoms with Crippen LogP contribution in [0.1, 0.15) is 42.5 Å². The summed E-state index contributed by atoms with van der Waals surface area (Å²) in [5.74, 6) is -0.210. The summed E-state index contributed by atoms with van der Waals surface area (Å²) in [6, 6.07) is 9.02. The Bertz CT molecular complexity index is 706. The minimum Gasteiger partial charge on any atom is -0.376 e. The number of ketones is 1. The molecule has 6 heteroatoms. The Kier molecular flexibility index (Phi) is 5.95. The van der Waals surface area contributed by atoms with E-state index in [1.165, 1.54) is 6.42 Å². The van der Waals surface area contributed by atoms with Crippen LogP contribution in [-0.2, 0) is 16.1 Å². The van der Waals surface area contributed by atoms with E-state index in [1.807, 2.05) is 18.2 Å². The van der Waals surface area contributed by atoms with Gasteiger partial charge in [0.2, 0.25) is 5.91 Å². The standard InChI is InChI=1S/C19H23N3O3/c23-18(15-6-2-1-3-7-15)9-10-19(24)21-16-12-20-22(13-16)14-17-8-4-5-11-25-17/h1-3,6-7,12-13,17H,4-5,8-11,14H2,(H,21,24)/t17-/m1/s1. The number of hydrogen-bond acceptors (Lipinski definition) is 4. The monoisotopic (exact) mass is 341 g/mol. The summed E-state index contributed by atoms with van der Waals surface area (Å²) in [5, 5.41) is 7.05. The van der Waals surface area contributed by atoms with Gasteiger partial charge in [-0.05, 0) is 19.3 Å². The van der Waals surface area contributed by atoms with Gasteiger partial charge in [-0.25, -0.2) is 0 Å². The molecular weight excluding hydrogens is 318 g/mol. The highest BCUT2D eigenvalue weighted by molar-refractivity contribution is 5.99. The van der Waals surface area contributed by atoms with Crippen molar-refractivity contribution in [1.29, 1.82) is 0 Å². The highest BCUT2D eigenvalue weighted by Gasteiger charge is 2.15. The predicted octanol–water partition coefficient (Wildman–Crippen LogP) is 3.05. The van der Waals surface area contributed by atoms with E-state index in [9.17, 15) is 9.59 Å². The predicted molar refractivity (Wildman–Crippen MR) is 94.5 cm³/mol. The average Bonchev–Trinajstić information content (AvgIpc) is 3.08. The van der Waals surface area contributed by atoms with Crippen LogP contribution in [0.25, 0.3) is 0 Å². The molecule has 1 aliphatic rings. The summed E-state index contributed by atoms with van der Waals surface area (Å²) >= 11 is 0. The third kappa shape index (κ3) is 5.26. The van der Waals surface area contributed by atoms with E-state index in [0.717, 1.165) is 19.4 Å². The van der Waals surface area contributed by atoms with Crippen molar-refractivity contribution in [2.75, 3.05) is 11.9 Å². The van der Waals surface area contributed by atoms with E-state index in [1.54, 1.807) is 29.2 Å². The largest absolute Gasteiger partial charge is 0.376 e. The van der Waals surface area contributed by atoms with Crippen LogP contribution in [-0.4, -0.2) is 34.2 Å². The fraction of sp³-hybridized carbons (Fsp3) is 0.421. The molecule has 1 N–H and O–H groups in total. The molecule has 132 valence electrons. The molecule has 0 unspecified atom stereocenters. The summed E-state index contributed by atoms with van der Waals surface area (Å²) in [4.78, 5) is 24.0. The first-order valence-corrected chi connectivity index (χ1v) is 8.73. The van der Waals surface area contributed by atoms with Gasteiger partial charge in [0.1, 0.15) is 0 Å². The van der Waals surface area contributed by atoms with E-state index >= 15 is 0 Å². The fourth-order valence-electron chi connectivity index (χ4n) is 2.91. The molecule has 0 bridgehead atoms. The van der Waals surface area contributed by atoms with Gasteiger partial charge < -0.3 is 10.1 Å². The lowest BCUT2D eigenvalue weighted by molar-refractivity contribution is -0.116. The first-order chi connectivity index (χ1) is 12.2. The second-order valence-corrected chi connectivity index (χ2v) is 6.28. The molecule has 1 atom stereocenters. The topological polar surface area (TPSA) is 73.2 Å². The number of aromatic nitrogens is 2. The maximum absolute atomic E-state index is 12.0. The van der Waals surface area contributed by atoms with Crippen molar-refractivity contribution >= 4 is 17.4 Å². The van der Waals surface area contributed by atoms with Crippen molar-refractivity contribution in [2.24, 2.45) is 0 Å². The van der Waals surface area contributed by atoms with E-state index in [2.05, 4.69) is 10.4 Å². The molecule has 1 aromatic heterocycles. The Morgan fingerprint density at radius 1 is 1.20 bits per heavy atom. The maximum atomic E-state index is 12.0. The molecule has 2 heterocycles. The Morgan fingerprint density at radius 2 is 2.04 bits per heavy atom. The summed E-state index contributed by atoms with van der Waals surface area (Å²) in [5.41, 5.74) is 1.28. The lowest BCUT2D eigenvalue weighted by Crippen LogP contribution is -2.24. The van der Waals surface area contributed by atoms with E-state index in [0.29, 0.717) is 17.8 Å². The molecule has 0 saturated carbocycles. The molecule has 1 saturated heterocycles. The maximum Gasteiger partial charge on any atom is 0.224 e. The zero-order chi connectivity index (χ0) is 17.5. The summed E-state index contributed by atoms with van der Waals surface area (Å²) in [6.45, 7) is 1.51. The molecule has 25 heavy (non-hydrogen) atoms. The van der Waals surface area contributed by atoms with Crippen LogP contribution < -0.4 is 5.32 Å². The Morgan fingerprint density at radius 3 is 2.80 bits per heavy atom. The van der Waals surface area contributed by atoms with Gasteiger partial charge in [0.05, 0.1) is 24.5 Å². The number of ether oxygens (including phenoxy) is 1. The smallest absolute Gasteiger partial charge is 0.224 e. The fourth-order valence-corrected chi connectivity index (χ4v) is 2.91. The number of Topliss-reactive ketones (excluding diaryl/α,β-unsaturated/α-hetero) is 1. The molecular formula is C19H23N3O3. The van der Waals surface area contributed by atoms with Gasteiger partial charge in [-0.3, -0.25) is 14.3 Å². The Labute approximate surface area is 147 Å². The number of nitrogens with one attached hydrogen (secondary N) is 1. The first-order valence-electron chi connectivity index (χ1n) is 8.73. The number of nitrogens with zero attached hydrogens (tertiary/aromatic N) is 2. The van der Waals surface area contributed by atoms with Gasteiger partial charge in [-0.2, -0.15) is 5.10 Å². The number of hydrogen-bond donors (Lipinski definition) is 1. The van der Waals surface area contributed by atoms with Gasteiger partial charge in [-0.1, -0.05) is 30.3 Å². The summed E-state index contributed by atoms with van der Waals surface area (Å²) < 4.78 is 7.49. The Balaban J connectivity index is 1.44. The van der Waals surface area contributed by atoms with Crippen molar-refractivity contribution in [3.05, 3.63) is 48.3 Å². The third-order valence-corrected chi connectivity index (χ3v) is 4.26. The van der Waals surface area contributed by atoms with Crippen LogP contribution in [0.3, 0.4) is 0 Å². The molecule has 3 rings (SSSR count). The highest BCUT2D eigenvalue weighted by atomic mass is 16.5. The van der Waals surface area contributed by atoms with Crippen LogP contribution in [0, 0.1) is 0 Å². The zero-order valence-corrected chi connectivity index (χ0v) is 14.2. The summed E-state index contributed by atoms with van der Waals surface area (Å²) in [6.07, 6.45) is 7.33. The number of anilines is 1. The normalized spacial score (nSPS) is 17.2. The minimum atomic E-state index is -0.183. The molecule has 1 fully saturated rings. The van der Waals surface area contributed by atoms with Gasteiger partial charge in [-0.15, -0.1) is 0 Å². The molecule has 6 nitrogen and oxygen atoms in total. The van der Waals surface area contributed by atoms with Gasteiger partial charge in [0.15, 0.2) is 5.78 Å². The second kappa shape index (κ2) is 8.58. The van der Waals surface area contributed by atoms with Crippen molar-refractivity contribution in [1.82, 2.24) is 9.78 Å². The lowest BCUT2D eigenvalue weighted by Gasteiger charge is -2.22. The van der Waals surface area contributed by atoms with Crippen molar-refractivity contribution in [3.8, 4) is 0 Å². The van der Waals surface area contributed by atoms with Gasteiger partial charge in [0.25, 0.3) is 0 Å². The molecule has 1 amide bonds. The average molecular weight is 341 g/mol. The van der Waals surface area contributed by atoms with Crippen LogP contribution in [0.2, 0.25) is 0 Å². The molecule has 0 spiro atoms. The van der Waals surface area contributed by atoms with Crippen molar-refractivity contribution in [3.63, 3.8) is 0 Å². The quantitative estimate of drug-likeness (QED) is 0.786. The molecule has 1 aliphatic heterocycles. The van der Waals surface area contributed by atoms with E-state index in [4.69, 9.17) is 4.74 Å². The SMILES string of the molecule is O=C(CCC(=O)c1ccccc1)Nc1cnn(C[C@H]2CCCCO2)c1. The number of rotatable bonds is 7. The number of amides is 1. The molecule has 0 aliphatic carbocycles. The zero-order valence-electron chi connectivity index (χ0n) is 14.2. The van der Waals surface area contributed by atoms with Crippen LogP contribution >= 0.6 is 0 Å². The Hall–Kier alpha value is -2.47. The van der Waals surface area contributed by atoms with Crippen molar-refractivity contribution in [2.45, 2.75) is 44.8 Å². The minimum absolute atomic E-state index is 0.0270. The lowest BCUT2D eigenvalue weighted by atomic mass is 10.1. The van der Waals surface area contributed by atoms with Crippen LogP contribution in [0.4, 0.5) is 5.69 Å². The van der Waals surface area contributed by atoms with Crippen LogP contribution in [0.15, 0.2) is 42.7 Å². The first kappa shape index (κ1) is 17.4.